The predicted octanol–water partition coefficient (Wildman–Crippen LogP) is 1.65. The fourth-order valence-corrected chi connectivity index (χ4v) is 1.46. The maximum Gasteiger partial charge on any atom is 0.250 e. The number of nitrogens with two attached hydrogens (primary N) is 1. The number of carbonyl (C=O) groups is 1. The molecule has 1 amide bonds. The molecule has 0 bridgehead atoms. The minimum absolute atomic E-state index is 0.192. The van der Waals surface area contributed by atoms with Crippen molar-refractivity contribution in [3.05, 3.63) is 23.9 Å². The number of ether oxygens (including phenoxy) is 1. The van der Waals surface area contributed by atoms with Crippen molar-refractivity contribution in [1.82, 2.24) is 4.98 Å². The zero-order chi connectivity index (χ0) is 13.5. The summed E-state index contributed by atoms with van der Waals surface area (Å²) in [5.74, 6) is 0.677. The number of hydrogen-bond donors (Lipinski definition) is 2. The number of aromatic nitrogens is 1. The molecule has 100 valence electrons. The SMILES string of the molecule is CCOCC(Nc1ccc(C(N)=O)cn1)C(C)C. The van der Waals surface area contributed by atoms with E-state index in [1.807, 2.05) is 6.92 Å². The molecule has 0 aliphatic carbocycles. The van der Waals surface area contributed by atoms with Crippen molar-refractivity contribution in [2.45, 2.75) is 26.8 Å². The lowest BCUT2D eigenvalue weighted by molar-refractivity contribution is 0.1000. The van der Waals surface area contributed by atoms with Gasteiger partial charge in [0.1, 0.15) is 5.82 Å². The summed E-state index contributed by atoms with van der Waals surface area (Å²) in [6.07, 6.45) is 1.47. The molecule has 18 heavy (non-hydrogen) atoms. The van der Waals surface area contributed by atoms with Crippen LogP contribution in [0.2, 0.25) is 0 Å². The van der Waals surface area contributed by atoms with Gasteiger partial charge in [-0.1, -0.05) is 13.8 Å². The molecule has 1 aromatic heterocycles. The number of amides is 1. The van der Waals surface area contributed by atoms with E-state index in [0.717, 1.165) is 5.82 Å². The van der Waals surface area contributed by atoms with E-state index in [-0.39, 0.29) is 6.04 Å². The van der Waals surface area contributed by atoms with Gasteiger partial charge in [-0.15, -0.1) is 0 Å². The topological polar surface area (TPSA) is 77.2 Å². The summed E-state index contributed by atoms with van der Waals surface area (Å²) in [7, 11) is 0. The van der Waals surface area contributed by atoms with Gasteiger partial charge in [0.2, 0.25) is 5.91 Å². The molecule has 1 unspecified atom stereocenters. The lowest BCUT2D eigenvalue weighted by Crippen LogP contribution is -2.31. The first-order valence-corrected chi connectivity index (χ1v) is 6.14. The van der Waals surface area contributed by atoms with Crippen molar-refractivity contribution in [3.8, 4) is 0 Å². The first-order chi connectivity index (χ1) is 8.54. The third kappa shape index (κ3) is 4.33. The van der Waals surface area contributed by atoms with E-state index in [1.165, 1.54) is 6.20 Å². The van der Waals surface area contributed by atoms with Crippen molar-refractivity contribution < 1.29 is 9.53 Å². The van der Waals surface area contributed by atoms with Crippen LogP contribution in [0.4, 0.5) is 5.82 Å². The lowest BCUT2D eigenvalue weighted by atomic mass is 10.1. The molecule has 0 aliphatic rings. The third-order valence-corrected chi connectivity index (χ3v) is 2.69. The predicted molar refractivity (Wildman–Crippen MR) is 71.5 cm³/mol. The summed E-state index contributed by atoms with van der Waals surface area (Å²) >= 11 is 0. The minimum Gasteiger partial charge on any atom is -0.380 e. The van der Waals surface area contributed by atoms with E-state index in [2.05, 4.69) is 24.1 Å². The van der Waals surface area contributed by atoms with Gasteiger partial charge in [0.05, 0.1) is 18.2 Å². The average Bonchev–Trinajstić information content (AvgIpc) is 2.34. The summed E-state index contributed by atoms with van der Waals surface area (Å²) < 4.78 is 5.43. The van der Waals surface area contributed by atoms with E-state index in [1.54, 1.807) is 12.1 Å². The molecule has 0 aromatic carbocycles. The summed E-state index contributed by atoms with van der Waals surface area (Å²) in [5, 5.41) is 3.29. The fourth-order valence-electron chi connectivity index (χ4n) is 1.46. The molecule has 0 saturated carbocycles. The van der Waals surface area contributed by atoms with Crippen LogP contribution in [0.3, 0.4) is 0 Å². The first kappa shape index (κ1) is 14.4. The fraction of sp³-hybridized carbons (Fsp3) is 0.538. The summed E-state index contributed by atoms with van der Waals surface area (Å²) in [5.41, 5.74) is 5.57. The second-order valence-corrected chi connectivity index (χ2v) is 4.45. The van der Waals surface area contributed by atoms with Gasteiger partial charge in [-0.05, 0) is 25.0 Å². The minimum atomic E-state index is -0.469. The molecule has 3 N–H and O–H groups in total. The molecule has 0 saturated heterocycles. The molecule has 0 spiro atoms. The summed E-state index contributed by atoms with van der Waals surface area (Å²) in [6.45, 7) is 7.53. The van der Waals surface area contributed by atoms with Crippen molar-refractivity contribution in [1.29, 1.82) is 0 Å². The Balaban J connectivity index is 2.65. The number of carbonyl (C=O) groups excluding carboxylic acids is 1. The highest BCUT2D eigenvalue weighted by Gasteiger charge is 2.13. The van der Waals surface area contributed by atoms with Crippen LogP contribution in [0, 0.1) is 5.92 Å². The molecule has 1 rings (SSSR count). The van der Waals surface area contributed by atoms with Crippen LogP contribution in [0.5, 0.6) is 0 Å². The number of rotatable bonds is 7. The molecular formula is C13H21N3O2. The van der Waals surface area contributed by atoms with Gasteiger partial charge in [-0.25, -0.2) is 4.98 Å². The quantitative estimate of drug-likeness (QED) is 0.772. The Bertz CT molecular complexity index is 376. The van der Waals surface area contributed by atoms with E-state index >= 15 is 0 Å². The Labute approximate surface area is 108 Å². The Morgan fingerprint density at radius 3 is 2.67 bits per heavy atom. The highest BCUT2D eigenvalue weighted by atomic mass is 16.5. The van der Waals surface area contributed by atoms with Crippen LogP contribution in [0.1, 0.15) is 31.1 Å². The molecule has 0 fully saturated rings. The lowest BCUT2D eigenvalue weighted by Gasteiger charge is -2.22. The van der Waals surface area contributed by atoms with Crippen LogP contribution in [0.25, 0.3) is 0 Å². The normalized spacial score (nSPS) is 12.4. The monoisotopic (exact) mass is 251 g/mol. The summed E-state index contributed by atoms with van der Waals surface area (Å²) in [4.78, 5) is 15.1. The van der Waals surface area contributed by atoms with Gasteiger partial charge < -0.3 is 15.8 Å². The highest BCUT2D eigenvalue weighted by molar-refractivity contribution is 5.92. The molecule has 0 radical (unpaired) electrons. The zero-order valence-corrected chi connectivity index (χ0v) is 11.1. The van der Waals surface area contributed by atoms with Gasteiger partial charge in [0.15, 0.2) is 0 Å². The van der Waals surface area contributed by atoms with Gasteiger partial charge in [0, 0.05) is 12.8 Å². The van der Waals surface area contributed by atoms with Crippen LogP contribution in [0.15, 0.2) is 18.3 Å². The molecule has 5 heteroatoms. The second kappa shape index (κ2) is 6.96. The van der Waals surface area contributed by atoms with E-state index in [4.69, 9.17) is 10.5 Å². The van der Waals surface area contributed by atoms with Crippen LogP contribution in [-0.4, -0.2) is 30.1 Å². The maximum absolute atomic E-state index is 10.9. The standard InChI is InChI=1S/C13H21N3O2/c1-4-18-8-11(9(2)3)16-12-6-5-10(7-15-12)13(14)17/h5-7,9,11H,4,8H2,1-3H3,(H2,14,17)(H,15,16). The van der Waals surface area contributed by atoms with Crippen LogP contribution < -0.4 is 11.1 Å². The van der Waals surface area contributed by atoms with Crippen molar-refractivity contribution in [2.75, 3.05) is 18.5 Å². The summed E-state index contributed by atoms with van der Waals surface area (Å²) in [6, 6.07) is 3.61. The Kier molecular flexibility index (Phi) is 5.58. The highest BCUT2D eigenvalue weighted by Crippen LogP contribution is 2.11. The van der Waals surface area contributed by atoms with Gasteiger partial charge >= 0.3 is 0 Å². The van der Waals surface area contributed by atoms with Crippen molar-refractivity contribution in [2.24, 2.45) is 11.7 Å². The van der Waals surface area contributed by atoms with Gasteiger partial charge in [-0.3, -0.25) is 4.79 Å². The van der Waals surface area contributed by atoms with Crippen LogP contribution >= 0.6 is 0 Å². The van der Waals surface area contributed by atoms with E-state index < -0.39 is 5.91 Å². The molecular weight excluding hydrogens is 230 g/mol. The molecule has 5 nitrogen and oxygen atoms in total. The third-order valence-electron chi connectivity index (χ3n) is 2.69. The van der Waals surface area contributed by atoms with Crippen LogP contribution in [-0.2, 0) is 4.74 Å². The first-order valence-electron chi connectivity index (χ1n) is 6.14. The van der Waals surface area contributed by atoms with Crippen molar-refractivity contribution >= 4 is 11.7 Å². The second-order valence-electron chi connectivity index (χ2n) is 4.45. The number of nitrogens with zero attached hydrogens (tertiary/aromatic N) is 1. The average molecular weight is 251 g/mol. The molecule has 1 atom stereocenters. The van der Waals surface area contributed by atoms with Gasteiger partial charge in [-0.2, -0.15) is 0 Å². The Morgan fingerprint density at radius 1 is 1.50 bits per heavy atom. The maximum atomic E-state index is 10.9. The molecule has 1 heterocycles. The number of pyridine rings is 1. The zero-order valence-electron chi connectivity index (χ0n) is 11.1. The van der Waals surface area contributed by atoms with E-state index in [0.29, 0.717) is 24.7 Å². The number of hydrogen-bond acceptors (Lipinski definition) is 4. The number of nitrogens with one attached hydrogen (secondary N) is 1. The number of anilines is 1. The number of primary amides is 1. The molecule has 1 aromatic rings. The van der Waals surface area contributed by atoms with Crippen molar-refractivity contribution in [3.63, 3.8) is 0 Å². The largest absolute Gasteiger partial charge is 0.380 e. The molecule has 0 aliphatic heterocycles. The Morgan fingerprint density at radius 2 is 2.22 bits per heavy atom. The van der Waals surface area contributed by atoms with Gasteiger partial charge in [0.25, 0.3) is 0 Å². The smallest absolute Gasteiger partial charge is 0.250 e. The Hall–Kier alpha value is -1.62. The van der Waals surface area contributed by atoms with E-state index in [9.17, 15) is 4.79 Å².